The van der Waals surface area contributed by atoms with Gasteiger partial charge < -0.3 is 15.2 Å². The van der Waals surface area contributed by atoms with Gasteiger partial charge in [0.2, 0.25) is 0 Å². The van der Waals surface area contributed by atoms with Crippen LogP contribution < -0.4 is 20.7 Å². The minimum absolute atomic E-state index is 0.0579. The van der Waals surface area contributed by atoms with E-state index in [1.807, 2.05) is 0 Å². The first-order valence-corrected chi connectivity index (χ1v) is 4.07. The van der Waals surface area contributed by atoms with E-state index in [-0.39, 0.29) is 17.2 Å². The molecule has 1 aliphatic heterocycles. The lowest BCUT2D eigenvalue weighted by molar-refractivity contribution is -0.829. The highest BCUT2D eigenvalue weighted by molar-refractivity contribution is 5.65. The fourth-order valence-electron chi connectivity index (χ4n) is 1.26. The number of alkyl halides is 2. The van der Waals surface area contributed by atoms with Gasteiger partial charge in [0.25, 0.3) is 0 Å². The summed E-state index contributed by atoms with van der Waals surface area (Å²) in [7, 11) is 1.43. The minimum Gasteiger partial charge on any atom is -0.395 e. The van der Waals surface area contributed by atoms with Crippen LogP contribution in [0.15, 0.2) is 12.1 Å². The number of nitrogen functional groups attached to an aromatic ring is 1. The second-order valence-electron chi connectivity index (χ2n) is 2.95. The number of benzene rings is 1. The third-order valence-corrected chi connectivity index (χ3v) is 1.85. The van der Waals surface area contributed by atoms with Crippen LogP contribution in [0.3, 0.4) is 0 Å². The van der Waals surface area contributed by atoms with Crippen LogP contribution in [0.4, 0.5) is 20.2 Å². The Morgan fingerprint density at radius 2 is 1.93 bits per heavy atom. The summed E-state index contributed by atoms with van der Waals surface area (Å²) in [5.41, 5.74) is 7.64. The van der Waals surface area contributed by atoms with Crippen LogP contribution in [0.2, 0.25) is 0 Å². The molecule has 0 saturated carbocycles. The van der Waals surface area contributed by atoms with Crippen LogP contribution in [0, 0.1) is 0 Å². The Kier molecular flexibility index (Phi) is 2.13. The van der Waals surface area contributed by atoms with Crippen molar-refractivity contribution in [2.45, 2.75) is 6.29 Å². The Morgan fingerprint density at radius 1 is 1.33 bits per heavy atom. The number of anilines is 1. The first kappa shape index (κ1) is 9.94. The van der Waals surface area contributed by atoms with Crippen molar-refractivity contribution < 1.29 is 28.6 Å². The van der Waals surface area contributed by atoms with E-state index in [2.05, 4.69) is 9.47 Å². The lowest BCUT2D eigenvalue weighted by Gasteiger charge is -2.04. The largest absolute Gasteiger partial charge is 0.586 e. The average molecular weight is 219 g/mol. The second-order valence-corrected chi connectivity index (χ2v) is 2.95. The lowest BCUT2D eigenvalue weighted by Crippen LogP contribution is -2.76. The van der Waals surface area contributed by atoms with E-state index in [9.17, 15) is 8.78 Å². The van der Waals surface area contributed by atoms with E-state index < -0.39 is 6.29 Å². The van der Waals surface area contributed by atoms with Gasteiger partial charge in [-0.25, -0.2) is 4.84 Å². The molecule has 5 nitrogen and oxygen atoms in total. The van der Waals surface area contributed by atoms with Gasteiger partial charge in [0, 0.05) is 6.07 Å². The first-order chi connectivity index (χ1) is 7.02. The minimum atomic E-state index is -3.62. The number of halogens is 2. The van der Waals surface area contributed by atoms with Gasteiger partial charge in [-0.15, -0.1) is 8.78 Å². The molecule has 1 aromatic carbocycles. The molecule has 0 aliphatic carbocycles. The summed E-state index contributed by atoms with van der Waals surface area (Å²) in [5.74, 6) is -0.136. The van der Waals surface area contributed by atoms with Crippen molar-refractivity contribution in [3.63, 3.8) is 0 Å². The normalized spacial score (nSPS) is 16.7. The molecule has 82 valence electrons. The van der Waals surface area contributed by atoms with Gasteiger partial charge in [0.15, 0.2) is 17.2 Å². The zero-order valence-corrected chi connectivity index (χ0v) is 7.79. The topological polar surface area (TPSA) is 70.3 Å². The highest BCUT2D eigenvalue weighted by Crippen LogP contribution is 2.43. The van der Waals surface area contributed by atoms with Gasteiger partial charge in [-0.2, -0.15) is 5.48 Å². The first-order valence-electron chi connectivity index (χ1n) is 4.07. The molecule has 0 amide bonds. The molecule has 0 bridgehead atoms. The summed E-state index contributed by atoms with van der Waals surface area (Å²) in [6.45, 7) is 0. The number of ether oxygens (including phenoxy) is 2. The molecule has 1 aliphatic rings. The fraction of sp³-hybridized carbons (Fsp3) is 0.250. The van der Waals surface area contributed by atoms with E-state index in [1.165, 1.54) is 24.7 Å². The van der Waals surface area contributed by atoms with Crippen molar-refractivity contribution in [3.8, 4) is 11.5 Å². The van der Waals surface area contributed by atoms with Crippen LogP contribution in [-0.2, 0) is 4.84 Å². The molecule has 4 N–H and O–H groups in total. The number of hydrogen-bond acceptors (Lipinski definition) is 4. The van der Waals surface area contributed by atoms with Gasteiger partial charge in [0.05, 0.1) is 13.2 Å². The van der Waals surface area contributed by atoms with Gasteiger partial charge in [-0.05, 0) is 0 Å². The Morgan fingerprint density at radius 3 is 2.53 bits per heavy atom. The number of nitrogens with two attached hydrogens (primary N) is 2. The summed E-state index contributed by atoms with van der Waals surface area (Å²) in [6.07, 6.45) is -3.62. The molecular formula is C8H9F2N2O3+. The van der Waals surface area contributed by atoms with Crippen LogP contribution in [0.25, 0.3) is 0 Å². The molecular weight excluding hydrogens is 210 g/mol. The maximum Gasteiger partial charge on any atom is 0.586 e. The SMILES string of the molecule is CO[NH2+]c1cc2c(cc1N)OC(F)(F)O2. The molecule has 1 aromatic rings. The lowest BCUT2D eigenvalue weighted by atomic mass is 10.2. The van der Waals surface area contributed by atoms with Crippen molar-refractivity contribution in [1.29, 1.82) is 0 Å². The molecule has 0 atom stereocenters. The molecule has 7 heteroatoms. The summed E-state index contributed by atoms with van der Waals surface area (Å²) in [6, 6.07) is 2.59. The van der Waals surface area contributed by atoms with Gasteiger partial charge in [-0.3, -0.25) is 0 Å². The summed E-state index contributed by atoms with van der Waals surface area (Å²) >= 11 is 0. The van der Waals surface area contributed by atoms with Crippen molar-refractivity contribution in [1.82, 2.24) is 0 Å². The Balaban J connectivity index is 2.36. The molecule has 0 unspecified atom stereocenters. The summed E-state index contributed by atoms with van der Waals surface area (Å²) < 4.78 is 33.8. The Hall–Kier alpha value is -1.60. The number of rotatable bonds is 2. The van der Waals surface area contributed by atoms with Crippen LogP contribution in [0.5, 0.6) is 11.5 Å². The van der Waals surface area contributed by atoms with Crippen molar-refractivity contribution in [2.24, 2.45) is 0 Å². The molecule has 0 saturated heterocycles. The summed E-state index contributed by atoms with van der Waals surface area (Å²) in [4.78, 5) is 4.73. The number of hydrogen-bond donors (Lipinski definition) is 2. The zero-order valence-electron chi connectivity index (χ0n) is 7.79. The average Bonchev–Trinajstić information content (AvgIpc) is 2.39. The maximum absolute atomic E-state index is 12.7. The molecule has 0 radical (unpaired) electrons. The van der Waals surface area contributed by atoms with Gasteiger partial charge >= 0.3 is 6.29 Å². The van der Waals surface area contributed by atoms with Crippen molar-refractivity contribution in [2.75, 3.05) is 12.8 Å². The third-order valence-electron chi connectivity index (χ3n) is 1.85. The number of quaternary nitrogens is 1. The van der Waals surface area contributed by atoms with Crippen molar-refractivity contribution in [3.05, 3.63) is 12.1 Å². The van der Waals surface area contributed by atoms with Gasteiger partial charge in [-0.1, -0.05) is 0 Å². The predicted octanol–water partition coefficient (Wildman–Crippen LogP) is 0.347. The standard InChI is InChI=1S/C8H8F2N2O3/c1-13-12-5-3-7-6(2-4(5)11)14-8(9,10)15-7/h2-3,12H,11H2,1H3/p+1. The van der Waals surface area contributed by atoms with E-state index in [4.69, 9.17) is 10.6 Å². The van der Waals surface area contributed by atoms with Gasteiger partial charge in [0.1, 0.15) is 5.69 Å². The van der Waals surface area contributed by atoms with E-state index in [1.54, 1.807) is 0 Å². The number of fused-ring (bicyclic) bond motifs is 1. The molecule has 2 rings (SSSR count). The monoisotopic (exact) mass is 219 g/mol. The van der Waals surface area contributed by atoms with Crippen LogP contribution in [0.1, 0.15) is 0 Å². The maximum atomic E-state index is 12.7. The Labute approximate surface area is 83.7 Å². The fourth-order valence-corrected chi connectivity index (χ4v) is 1.26. The molecule has 0 aromatic heterocycles. The highest BCUT2D eigenvalue weighted by Gasteiger charge is 2.44. The Bertz CT molecular complexity index is 398. The predicted molar refractivity (Wildman–Crippen MR) is 45.7 cm³/mol. The third kappa shape index (κ3) is 1.79. The highest BCUT2D eigenvalue weighted by atomic mass is 19.3. The van der Waals surface area contributed by atoms with Crippen molar-refractivity contribution >= 4 is 11.4 Å². The summed E-state index contributed by atoms with van der Waals surface area (Å²) in [5, 5.41) is 0. The quantitative estimate of drug-likeness (QED) is 0.556. The molecule has 0 spiro atoms. The van der Waals surface area contributed by atoms with E-state index in [0.717, 1.165) is 0 Å². The van der Waals surface area contributed by atoms with E-state index in [0.29, 0.717) is 5.69 Å². The zero-order chi connectivity index (χ0) is 11.1. The second kappa shape index (κ2) is 3.21. The smallest absolute Gasteiger partial charge is 0.395 e. The molecule has 15 heavy (non-hydrogen) atoms. The van der Waals surface area contributed by atoms with Crippen LogP contribution in [-0.4, -0.2) is 13.4 Å². The molecule has 0 fully saturated rings. The molecule has 1 heterocycles. The van der Waals surface area contributed by atoms with E-state index >= 15 is 0 Å². The van der Waals surface area contributed by atoms with Crippen LogP contribution >= 0.6 is 0 Å².